The Hall–Kier alpha value is -3.51. The molecule has 0 N–H and O–H groups in total. The van der Waals surface area contributed by atoms with Crippen LogP contribution in [0, 0.1) is 0 Å². The van der Waals surface area contributed by atoms with E-state index < -0.39 is 9.84 Å². The molecule has 0 saturated heterocycles. The Morgan fingerprint density at radius 2 is 1.66 bits per heavy atom. The van der Waals surface area contributed by atoms with Crippen LogP contribution in [0.5, 0.6) is 0 Å². The number of imidazole rings is 1. The van der Waals surface area contributed by atoms with Crippen molar-refractivity contribution in [3.63, 3.8) is 0 Å². The molecule has 32 heavy (non-hydrogen) atoms. The fourth-order valence-corrected chi connectivity index (χ4v) is 4.37. The highest BCUT2D eigenvalue weighted by molar-refractivity contribution is 7.90. The van der Waals surface area contributed by atoms with Crippen LogP contribution in [0.25, 0.3) is 28.2 Å². The van der Waals surface area contributed by atoms with Gasteiger partial charge in [0, 0.05) is 30.6 Å². The second-order valence-electron chi connectivity index (χ2n) is 7.73. The maximum atomic E-state index is 12.1. The molecular weight excluding hydrogens is 420 g/mol. The van der Waals surface area contributed by atoms with E-state index in [1.54, 1.807) is 24.4 Å². The zero-order chi connectivity index (χ0) is 22.9. The highest BCUT2D eigenvalue weighted by Crippen LogP contribution is 2.29. The molecule has 0 bridgehead atoms. The van der Waals surface area contributed by atoms with Crippen molar-refractivity contribution in [3.05, 3.63) is 90.3 Å². The van der Waals surface area contributed by atoms with E-state index in [2.05, 4.69) is 18.0 Å². The molecule has 0 radical (unpaired) electrons. The van der Waals surface area contributed by atoms with Crippen LogP contribution in [0.4, 0.5) is 0 Å². The average molecular weight is 445 g/mol. The molecule has 0 amide bonds. The molecule has 4 aromatic rings. The molecule has 6 heteroatoms. The van der Waals surface area contributed by atoms with Gasteiger partial charge in [-0.3, -0.25) is 9.36 Å². The maximum absolute atomic E-state index is 12.1. The summed E-state index contributed by atoms with van der Waals surface area (Å²) in [4.78, 5) is 17.0. The summed E-state index contributed by atoms with van der Waals surface area (Å²) in [5.74, 6) is 0.632. The average Bonchev–Trinajstić information content (AvgIpc) is 3.24. The fourth-order valence-electron chi connectivity index (χ4n) is 3.70. The highest BCUT2D eigenvalue weighted by atomic mass is 32.2. The van der Waals surface area contributed by atoms with E-state index in [9.17, 15) is 13.2 Å². The van der Waals surface area contributed by atoms with Crippen molar-refractivity contribution in [1.29, 1.82) is 0 Å². The molecule has 0 atom stereocenters. The predicted octanol–water partition coefficient (Wildman–Crippen LogP) is 5.37. The van der Waals surface area contributed by atoms with Crippen LogP contribution >= 0.6 is 0 Å². The van der Waals surface area contributed by atoms with E-state index in [1.165, 1.54) is 13.2 Å². The lowest BCUT2D eigenvalue weighted by Crippen LogP contribution is -1.99. The van der Waals surface area contributed by atoms with Gasteiger partial charge in [-0.1, -0.05) is 55.5 Å². The molecule has 0 unspecified atom stereocenters. The molecule has 0 spiro atoms. The van der Waals surface area contributed by atoms with Gasteiger partial charge in [0.1, 0.15) is 11.5 Å². The van der Waals surface area contributed by atoms with E-state index >= 15 is 0 Å². The van der Waals surface area contributed by atoms with Gasteiger partial charge in [-0.05, 0) is 47.4 Å². The first-order valence-corrected chi connectivity index (χ1v) is 12.3. The van der Waals surface area contributed by atoms with Crippen molar-refractivity contribution in [2.45, 2.75) is 25.2 Å². The SMILES string of the molecule is CCc1ccccc1-c1nc(C(C)=O)cn1-c1ccc(-c2cccc(S(C)(=O)=O)c2)cc1. The number of nitrogens with zero attached hydrogens (tertiary/aromatic N) is 2. The molecule has 0 aliphatic rings. The molecule has 3 aromatic carbocycles. The van der Waals surface area contributed by atoms with Gasteiger partial charge in [0.25, 0.3) is 0 Å². The molecule has 1 heterocycles. The molecular formula is C26H24N2O3S. The van der Waals surface area contributed by atoms with Gasteiger partial charge >= 0.3 is 0 Å². The minimum absolute atomic E-state index is 0.0896. The van der Waals surface area contributed by atoms with Gasteiger partial charge in [-0.25, -0.2) is 13.4 Å². The number of carbonyl (C=O) groups is 1. The van der Waals surface area contributed by atoms with Crippen molar-refractivity contribution in [1.82, 2.24) is 9.55 Å². The topological polar surface area (TPSA) is 69.0 Å². The summed E-state index contributed by atoms with van der Waals surface area (Å²) in [5, 5.41) is 0. The number of benzene rings is 3. The van der Waals surface area contributed by atoms with E-state index in [0.29, 0.717) is 10.6 Å². The zero-order valence-electron chi connectivity index (χ0n) is 18.2. The van der Waals surface area contributed by atoms with Gasteiger partial charge in [0.2, 0.25) is 0 Å². The predicted molar refractivity (Wildman–Crippen MR) is 127 cm³/mol. The van der Waals surface area contributed by atoms with Crippen LogP contribution in [0.15, 0.2) is 83.9 Å². The first-order chi connectivity index (χ1) is 15.3. The van der Waals surface area contributed by atoms with Crippen molar-refractivity contribution in [2.24, 2.45) is 0 Å². The number of rotatable bonds is 6. The number of Topliss-reactive ketones (excluding diaryl/α,β-unsaturated/α-hetero) is 1. The number of sulfone groups is 1. The Morgan fingerprint density at radius 3 is 2.31 bits per heavy atom. The molecule has 0 saturated carbocycles. The number of aryl methyl sites for hydroxylation is 1. The molecule has 5 nitrogen and oxygen atoms in total. The molecule has 4 rings (SSSR count). The lowest BCUT2D eigenvalue weighted by atomic mass is 10.0. The summed E-state index contributed by atoms with van der Waals surface area (Å²) in [6.45, 7) is 3.61. The normalized spacial score (nSPS) is 11.5. The van der Waals surface area contributed by atoms with Crippen LogP contribution in [0.1, 0.15) is 29.9 Å². The van der Waals surface area contributed by atoms with Gasteiger partial charge < -0.3 is 0 Å². The molecule has 162 valence electrons. The van der Waals surface area contributed by atoms with Gasteiger partial charge in [-0.2, -0.15) is 0 Å². The van der Waals surface area contributed by atoms with Crippen LogP contribution in [0.2, 0.25) is 0 Å². The first kappa shape index (κ1) is 21.7. The summed E-state index contributed by atoms with van der Waals surface area (Å²) in [6, 6.07) is 22.8. The quantitative estimate of drug-likeness (QED) is 0.375. The maximum Gasteiger partial charge on any atom is 0.179 e. The van der Waals surface area contributed by atoms with E-state index in [1.807, 2.05) is 53.1 Å². The summed E-state index contributed by atoms with van der Waals surface area (Å²) in [5.41, 5.74) is 5.16. The Labute approximate surface area is 188 Å². The Balaban J connectivity index is 1.79. The van der Waals surface area contributed by atoms with Gasteiger partial charge in [-0.15, -0.1) is 0 Å². The molecule has 0 aliphatic heterocycles. The van der Waals surface area contributed by atoms with Crippen LogP contribution < -0.4 is 0 Å². The van der Waals surface area contributed by atoms with Gasteiger partial charge in [0.05, 0.1) is 4.90 Å². The standard InChI is InChI=1S/C26H24N2O3S/c1-4-19-8-5-6-11-24(19)26-27-25(18(2)29)17-28(26)22-14-12-20(13-15-22)21-9-7-10-23(16-21)32(3,30)31/h5-17H,4H2,1-3H3. The minimum Gasteiger partial charge on any atom is -0.299 e. The number of hydrogen-bond acceptors (Lipinski definition) is 4. The van der Waals surface area contributed by atoms with Crippen LogP contribution in [-0.4, -0.2) is 30.0 Å². The Morgan fingerprint density at radius 1 is 0.938 bits per heavy atom. The van der Waals surface area contributed by atoms with Crippen LogP contribution in [0.3, 0.4) is 0 Å². The third kappa shape index (κ3) is 4.27. The lowest BCUT2D eigenvalue weighted by molar-refractivity contribution is 0.101. The number of hydrogen-bond donors (Lipinski definition) is 0. The van der Waals surface area contributed by atoms with Crippen molar-refractivity contribution < 1.29 is 13.2 Å². The zero-order valence-corrected chi connectivity index (χ0v) is 19.1. The van der Waals surface area contributed by atoms with Crippen molar-refractivity contribution in [2.75, 3.05) is 6.26 Å². The van der Waals surface area contributed by atoms with E-state index in [4.69, 9.17) is 0 Å². The highest BCUT2D eigenvalue weighted by Gasteiger charge is 2.16. The third-order valence-corrected chi connectivity index (χ3v) is 6.56. The van der Waals surface area contributed by atoms with Gasteiger partial charge in [0.15, 0.2) is 15.6 Å². The fraction of sp³-hybridized carbons (Fsp3) is 0.154. The summed E-state index contributed by atoms with van der Waals surface area (Å²) in [7, 11) is -3.28. The second-order valence-corrected chi connectivity index (χ2v) is 9.75. The third-order valence-electron chi connectivity index (χ3n) is 5.45. The molecule has 0 aliphatic carbocycles. The first-order valence-electron chi connectivity index (χ1n) is 10.4. The monoisotopic (exact) mass is 444 g/mol. The number of aromatic nitrogens is 2. The molecule has 0 fully saturated rings. The summed E-state index contributed by atoms with van der Waals surface area (Å²) < 4.78 is 25.7. The van der Waals surface area contributed by atoms with Crippen molar-refractivity contribution >= 4 is 15.6 Å². The summed E-state index contributed by atoms with van der Waals surface area (Å²) >= 11 is 0. The smallest absolute Gasteiger partial charge is 0.179 e. The van der Waals surface area contributed by atoms with E-state index in [0.717, 1.165) is 40.2 Å². The minimum atomic E-state index is -3.28. The van der Waals surface area contributed by atoms with Crippen LogP contribution in [-0.2, 0) is 16.3 Å². The number of carbonyl (C=O) groups excluding carboxylic acids is 1. The van der Waals surface area contributed by atoms with Crippen molar-refractivity contribution in [3.8, 4) is 28.2 Å². The second kappa shape index (κ2) is 8.55. The Kier molecular flexibility index (Phi) is 5.80. The lowest BCUT2D eigenvalue weighted by Gasteiger charge is -2.12. The number of ketones is 1. The Bertz CT molecular complexity index is 1400. The van der Waals surface area contributed by atoms with E-state index in [-0.39, 0.29) is 5.78 Å². The largest absolute Gasteiger partial charge is 0.299 e. The molecule has 1 aromatic heterocycles. The summed E-state index contributed by atoms with van der Waals surface area (Å²) in [6.07, 6.45) is 3.83.